The quantitative estimate of drug-likeness (QED) is 0.560. The highest BCUT2D eigenvalue weighted by Gasteiger charge is 2.34. The van der Waals surface area contributed by atoms with Crippen molar-refractivity contribution in [2.75, 3.05) is 20.2 Å². The SMILES string of the molecule is COC1CNCC1(C)C. The van der Waals surface area contributed by atoms with Gasteiger partial charge >= 0.3 is 0 Å². The standard InChI is InChI=1S/C7H15NO/c1-7(2)5-8-4-6(7)9-3/h6,8H,4-5H2,1-3H3. The average molecular weight is 129 g/mol. The zero-order valence-corrected chi connectivity index (χ0v) is 6.40. The third-order valence-electron chi connectivity index (χ3n) is 2.07. The van der Waals surface area contributed by atoms with E-state index in [9.17, 15) is 0 Å². The molecule has 0 saturated carbocycles. The van der Waals surface area contributed by atoms with Crippen molar-refractivity contribution in [1.82, 2.24) is 5.32 Å². The average Bonchev–Trinajstić information content (AvgIpc) is 2.08. The van der Waals surface area contributed by atoms with Gasteiger partial charge in [-0.25, -0.2) is 0 Å². The highest BCUT2D eigenvalue weighted by molar-refractivity contribution is 4.88. The summed E-state index contributed by atoms with van der Waals surface area (Å²) in [6, 6.07) is 0. The summed E-state index contributed by atoms with van der Waals surface area (Å²) in [7, 11) is 1.78. The van der Waals surface area contributed by atoms with Crippen LogP contribution in [-0.2, 0) is 4.74 Å². The fourth-order valence-corrected chi connectivity index (χ4v) is 1.32. The Balaban J connectivity index is 2.52. The van der Waals surface area contributed by atoms with Crippen LogP contribution in [0.15, 0.2) is 0 Å². The smallest absolute Gasteiger partial charge is 0.0758 e. The summed E-state index contributed by atoms with van der Waals surface area (Å²) in [5.41, 5.74) is 0.328. The van der Waals surface area contributed by atoms with E-state index in [1.165, 1.54) is 0 Å². The van der Waals surface area contributed by atoms with Crippen LogP contribution in [0.25, 0.3) is 0 Å². The van der Waals surface area contributed by atoms with Crippen LogP contribution < -0.4 is 5.32 Å². The Morgan fingerprint density at radius 1 is 1.56 bits per heavy atom. The van der Waals surface area contributed by atoms with E-state index in [2.05, 4.69) is 19.2 Å². The molecular formula is C7H15NO. The molecule has 1 aliphatic heterocycles. The van der Waals surface area contributed by atoms with Gasteiger partial charge in [0.05, 0.1) is 6.10 Å². The molecule has 1 fully saturated rings. The summed E-state index contributed by atoms with van der Waals surface area (Å²) in [5, 5.41) is 3.29. The Morgan fingerprint density at radius 2 is 2.22 bits per heavy atom. The molecule has 1 N–H and O–H groups in total. The lowest BCUT2D eigenvalue weighted by Gasteiger charge is -2.23. The van der Waals surface area contributed by atoms with Gasteiger partial charge in [-0.2, -0.15) is 0 Å². The summed E-state index contributed by atoms with van der Waals surface area (Å²) in [6.07, 6.45) is 0.400. The lowest BCUT2D eigenvalue weighted by Crippen LogP contribution is -2.28. The molecule has 0 aromatic rings. The van der Waals surface area contributed by atoms with E-state index in [-0.39, 0.29) is 0 Å². The molecule has 2 heteroatoms. The molecule has 0 aliphatic carbocycles. The Kier molecular flexibility index (Phi) is 1.78. The van der Waals surface area contributed by atoms with Gasteiger partial charge < -0.3 is 10.1 Å². The molecule has 0 radical (unpaired) electrons. The first kappa shape index (κ1) is 7.03. The van der Waals surface area contributed by atoms with Crippen molar-refractivity contribution in [1.29, 1.82) is 0 Å². The minimum atomic E-state index is 0.328. The number of hydrogen-bond donors (Lipinski definition) is 1. The molecule has 1 rings (SSSR count). The molecule has 0 aromatic heterocycles. The van der Waals surface area contributed by atoms with Crippen molar-refractivity contribution in [3.8, 4) is 0 Å². The van der Waals surface area contributed by atoms with Gasteiger partial charge in [-0.15, -0.1) is 0 Å². The van der Waals surface area contributed by atoms with Crippen LogP contribution >= 0.6 is 0 Å². The maximum absolute atomic E-state index is 5.26. The van der Waals surface area contributed by atoms with E-state index in [4.69, 9.17) is 4.74 Å². The van der Waals surface area contributed by atoms with Gasteiger partial charge in [-0.3, -0.25) is 0 Å². The summed E-state index contributed by atoms with van der Waals surface area (Å²) in [6.45, 7) is 6.53. The monoisotopic (exact) mass is 129 g/mol. The molecule has 54 valence electrons. The predicted molar refractivity (Wildman–Crippen MR) is 37.4 cm³/mol. The minimum absolute atomic E-state index is 0.328. The highest BCUT2D eigenvalue weighted by Crippen LogP contribution is 2.25. The summed E-state index contributed by atoms with van der Waals surface area (Å²) in [4.78, 5) is 0. The number of rotatable bonds is 1. The van der Waals surface area contributed by atoms with E-state index < -0.39 is 0 Å². The van der Waals surface area contributed by atoms with Crippen molar-refractivity contribution in [3.63, 3.8) is 0 Å². The fourth-order valence-electron chi connectivity index (χ4n) is 1.32. The molecule has 1 heterocycles. The minimum Gasteiger partial charge on any atom is -0.380 e. The first-order valence-corrected chi connectivity index (χ1v) is 3.40. The molecule has 2 nitrogen and oxygen atoms in total. The highest BCUT2D eigenvalue weighted by atomic mass is 16.5. The van der Waals surface area contributed by atoms with Crippen molar-refractivity contribution >= 4 is 0 Å². The molecule has 0 amide bonds. The van der Waals surface area contributed by atoms with Gasteiger partial charge in [0.2, 0.25) is 0 Å². The topological polar surface area (TPSA) is 21.3 Å². The molecule has 1 unspecified atom stereocenters. The molecule has 0 spiro atoms. The molecule has 1 aliphatic rings. The lowest BCUT2D eigenvalue weighted by atomic mass is 9.90. The maximum atomic E-state index is 5.26. The van der Waals surface area contributed by atoms with Crippen LogP contribution in [0, 0.1) is 5.41 Å². The van der Waals surface area contributed by atoms with Crippen molar-refractivity contribution in [2.24, 2.45) is 5.41 Å². The molecule has 0 bridgehead atoms. The number of ether oxygens (including phenoxy) is 1. The zero-order valence-electron chi connectivity index (χ0n) is 6.40. The second-order valence-electron chi connectivity index (χ2n) is 3.34. The van der Waals surface area contributed by atoms with Gasteiger partial charge in [0, 0.05) is 25.6 Å². The molecule has 1 saturated heterocycles. The Bertz CT molecular complexity index is 101. The van der Waals surface area contributed by atoms with Gasteiger partial charge in [-0.05, 0) is 0 Å². The molecule has 1 atom stereocenters. The van der Waals surface area contributed by atoms with Crippen LogP contribution in [0.4, 0.5) is 0 Å². The van der Waals surface area contributed by atoms with E-state index in [0.717, 1.165) is 13.1 Å². The third kappa shape index (κ3) is 1.25. The fraction of sp³-hybridized carbons (Fsp3) is 1.00. The van der Waals surface area contributed by atoms with E-state index in [1.54, 1.807) is 7.11 Å². The first-order valence-electron chi connectivity index (χ1n) is 3.40. The van der Waals surface area contributed by atoms with Crippen LogP contribution in [0.2, 0.25) is 0 Å². The second-order valence-corrected chi connectivity index (χ2v) is 3.34. The Hall–Kier alpha value is -0.0800. The molecular weight excluding hydrogens is 114 g/mol. The van der Waals surface area contributed by atoms with Crippen LogP contribution in [0.1, 0.15) is 13.8 Å². The predicted octanol–water partition coefficient (Wildman–Crippen LogP) is 0.631. The Morgan fingerprint density at radius 3 is 2.44 bits per heavy atom. The number of nitrogens with one attached hydrogen (secondary N) is 1. The Labute approximate surface area is 56.6 Å². The van der Waals surface area contributed by atoms with Crippen molar-refractivity contribution < 1.29 is 4.74 Å². The summed E-state index contributed by atoms with van der Waals surface area (Å²) >= 11 is 0. The summed E-state index contributed by atoms with van der Waals surface area (Å²) in [5.74, 6) is 0. The largest absolute Gasteiger partial charge is 0.380 e. The van der Waals surface area contributed by atoms with E-state index in [1.807, 2.05) is 0 Å². The van der Waals surface area contributed by atoms with Gasteiger partial charge in [0.15, 0.2) is 0 Å². The van der Waals surface area contributed by atoms with Gasteiger partial charge in [0.1, 0.15) is 0 Å². The second kappa shape index (κ2) is 2.27. The first-order chi connectivity index (χ1) is 4.17. The molecule has 9 heavy (non-hydrogen) atoms. The van der Waals surface area contributed by atoms with Gasteiger partial charge in [-0.1, -0.05) is 13.8 Å². The maximum Gasteiger partial charge on any atom is 0.0758 e. The van der Waals surface area contributed by atoms with Crippen molar-refractivity contribution in [3.05, 3.63) is 0 Å². The van der Waals surface area contributed by atoms with Crippen molar-refractivity contribution in [2.45, 2.75) is 20.0 Å². The normalized spacial score (nSPS) is 33.0. The van der Waals surface area contributed by atoms with Crippen LogP contribution in [0.5, 0.6) is 0 Å². The van der Waals surface area contributed by atoms with Gasteiger partial charge in [0.25, 0.3) is 0 Å². The summed E-state index contributed by atoms with van der Waals surface area (Å²) < 4.78 is 5.26. The zero-order chi connectivity index (χ0) is 6.91. The van der Waals surface area contributed by atoms with Crippen LogP contribution in [0.3, 0.4) is 0 Å². The van der Waals surface area contributed by atoms with Crippen LogP contribution in [-0.4, -0.2) is 26.3 Å². The molecule has 0 aromatic carbocycles. The number of methoxy groups -OCH3 is 1. The van der Waals surface area contributed by atoms with E-state index >= 15 is 0 Å². The lowest BCUT2D eigenvalue weighted by molar-refractivity contribution is 0.0443. The van der Waals surface area contributed by atoms with E-state index in [0.29, 0.717) is 11.5 Å². The number of hydrogen-bond acceptors (Lipinski definition) is 2. The third-order valence-corrected chi connectivity index (χ3v) is 2.07.